The van der Waals surface area contributed by atoms with Crippen molar-refractivity contribution in [3.63, 3.8) is 0 Å². The van der Waals surface area contributed by atoms with Gasteiger partial charge in [0.05, 0.1) is 19.9 Å². The van der Waals surface area contributed by atoms with Crippen LogP contribution in [0.1, 0.15) is 16.3 Å². The number of hydrogen-bond donors (Lipinski definition) is 1. The average Bonchev–Trinajstić information content (AvgIpc) is 2.96. The first kappa shape index (κ1) is 14.8. The number of aryl methyl sites for hydroxylation is 1. The molecule has 8 heteroatoms. The van der Waals surface area contributed by atoms with Crippen LogP contribution >= 0.6 is 0 Å². The second-order valence-electron chi connectivity index (χ2n) is 4.81. The molecule has 0 aliphatic carbocycles. The maximum Gasteiger partial charge on any atom is 0.269 e. The van der Waals surface area contributed by atoms with Crippen LogP contribution in [0.25, 0.3) is 16.9 Å². The molecule has 0 radical (unpaired) electrons. The predicted molar refractivity (Wildman–Crippen MR) is 83.0 cm³/mol. The Bertz CT molecular complexity index is 904. The van der Waals surface area contributed by atoms with Crippen LogP contribution in [-0.4, -0.2) is 39.6 Å². The molecule has 3 rings (SSSR count). The topological polar surface area (TPSA) is 105 Å². The van der Waals surface area contributed by atoms with Gasteiger partial charge in [-0.15, -0.1) is 0 Å². The van der Waals surface area contributed by atoms with Crippen molar-refractivity contribution in [2.45, 2.75) is 6.92 Å². The van der Waals surface area contributed by atoms with E-state index in [0.717, 1.165) is 5.69 Å². The molecule has 1 amide bonds. The number of primary amides is 1. The minimum Gasteiger partial charge on any atom is -0.493 e. The molecule has 0 bridgehead atoms. The predicted octanol–water partition coefficient (Wildman–Crippen LogP) is 1.24. The largest absolute Gasteiger partial charge is 0.493 e. The second-order valence-corrected chi connectivity index (χ2v) is 4.81. The zero-order valence-corrected chi connectivity index (χ0v) is 12.9. The Morgan fingerprint density at radius 1 is 1.17 bits per heavy atom. The Morgan fingerprint density at radius 3 is 2.57 bits per heavy atom. The van der Waals surface area contributed by atoms with Crippen LogP contribution in [0.2, 0.25) is 0 Å². The lowest BCUT2D eigenvalue weighted by Crippen LogP contribution is -2.15. The van der Waals surface area contributed by atoms with Gasteiger partial charge in [0.2, 0.25) is 0 Å². The molecule has 2 N–H and O–H groups in total. The minimum absolute atomic E-state index is 0.103. The highest BCUT2D eigenvalue weighted by atomic mass is 16.5. The molecule has 0 saturated heterocycles. The van der Waals surface area contributed by atoms with Gasteiger partial charge in [-0.25, -0.2) is 15.0 Å². The van der Waals surface area contributed by atoms with E-state index in [1.807, 2.05) is 6.07 Å². The molecule has 0 fully saturated rings. The SMILES string of the molecule is COc1ccc(-n2cnc3c(C(N)=O)nc(C)nc32)cc1OC. The number of rotatable bonds is 4. The maximum atomic E-state index is 11.5. The van der Waals surface area contributed by atoms with Crippen molar-refractivity contribution in [1.82, 2.24) is 19.5 Å². The fraction of sp³-hybridized carbons (Fsp3) is 0.200. The van der Waals surface area contributed by atoms with Crippen LogP contribution in [0.4, 0.5) is 0 Å². The van der Waals surface area contributed by atoms with Gasteiger partial charge >= 0.3 is 0 Å². The Morgan fingerprint density at radius 2 is 1.91 bits per heavy atom. The first-order valence-corrected chi connectivity index (χ1v) is 6.79. The third-order valence-corrected chi connectivity index (χ3v) is 3.39. The van der Waals surface area contributed by atoms with Crippen molar-refractivity contribution in [2.75, 3.05) is 14.2 Å². The van der Waals surface area contributed by atoms with E-state index in [9.17, 15) is 4.79 Å². The number of hydrogen-bond acceptors (Lipinski definition) is 6. The van der Waals surface area contributed by atoms with Crippen LogP contribution in [0.3, 0.4) is 0 Å². The van der Waals surface area contributed by atoms with Crippen molar-refractivity contribution < 1.29 is 14.3 Å². The molecule has 118 valence electrons. The number of nitrogens with zero attached hydrogens (tertiary/aromatic N) is 4. The van der Waals surface area contributed by atoms with Crippen LogP contribution in [0.15, 0.2) is 24.5 Å². The van der Waals surface area contributed by atoms with Crippen molar-refractivity contribution >= 4 is 17.1 Å². The third-order valence-electron chi connectivity index (χ3n) is 3.39. The minimum atomic E-state index is -0.641. The smallest absolute Gasteiger partial charge is 0.269 e. The molecular weight excluding hydrogens is 298 g/mol. The number of fused-ring (bicyclic) bond motifs is 1. The standard InChI is InChI=1S/C15H15N5O3/c1-8-18-12(14(16)21)13-15(19-8)20(7-17-13)9-4-5-10(22-2)11(6-9)23-3/h4-7H,1-3H3,(H2,16,21). The molecule has 0 aliphatic rings. The summed E-state index contributed by atoms with van der Waals surface area (Å²) in [5, 5.41) is 0. The fourth-order valence-electron chi connectivity index (χ4n) is 2.34. The molecule has 0 atom stereocenters. The lowest BCUT2D eigenvalue weighted by Gasteiger charge is -2.10. The summed E-state index contributed by atoms with van der Waals surface area (Å²) in [5.41, 5.74) is 7.09. The average molecular weight is 313 g/mol. The summed E-state index contributed by atoms with van der Waals surface area (Å²) in [4.78, 5) is 24.2. The summed E-state index contributed by atoms with van der Waals surface area (Å²) in [6, 6.07) is 5.41. The number of benzene rings is 1. The lowest BCUT2D eigenvalue weighted by atomic mass is 10.2. The molecule has 2 aromatic heterocycles. The highest BCUT2D eigenvalue weighted by molar-refractivity contribution is 6.01. The number of ether oxygens (including phenoxy) is 2. The van der Waals surface area contributed by atoms with E-state index < -0.39 is 5.91 Å². The molecule has 3 aromatic rings. The van der Waals surface area contributed by atoms with Crippen LogP contribution < -0.4 is 15.2 Å². The van der Waals surface area contributed by atoms with Crippen molar-refractivity contribution in [1.29, 1.82) is 0 Å². The summed E-state index contributed by atoms with van der Waals surface area (Å²) < 4.78 is 12.3. The van der Waals surface area contributed by atoms with Crippen LogP contribution in [0, 0.1) is 6.92 Å². The maximum absolute atomic E-state index is 11.5. The van der Waals surface area contributed by atoms with Gasteiger partial charge in [-0.05, 0) is 19.1 Å². The Hall–Kier alpha value is -3.16. The number of amides is 1. The number of imidazole rings is 1. The molecule has 0 aliphatic heterocycles. The number of aromatic nitrogens is 4. The van der Waals surface area contributed by atoms with Crippen LogP contribution in [0.5, 0.6) is 11.5 Å². The van der Waals surface area contributed by atoms with E-state index in [0.29, 0.717) is 28.5 Å². The summed E-state index contributed by atoms with van der Waals surface area (Å²) >= 11 is 0. The summed E-state index contributed by atoms with van der Waals surface area (Å²) in [7, 11) is 3.13. The highest BCUT2D eigenvalue weighted by Crippen LogP contribution is 2.30. The van der Waals surface area contributed by atoms with E-state index in [4.69, 9.17) is 15.2 Å². The number of carbonyl (C=O) groups excluding carboxylic acids is 1. The van der Waals surface area contributed by atoms with E-state index in [1.165, 1.54) is 0 Å². The quantitative estimate of drug-likeness (QED) is 0.777. The summed E-state index contributed by atoms with van der Waals surface area (Å²) in [6.45, 7) is 1.69. The van der Waals surface area contributed by atoms with Gasteiger partial charge in [0.1, 0.15) is 17.7 Å². The van der Waals surface area contributed by atoms with Gasteiger partial charge in [-0.1, -0.05) is 0 Å². The molecule has 1 aromatic carbocycles. The number of carbonyl (C=O) groups is 1. The van der Waals surface area contributed by atoms with Crippen molar-refractivity contribution in [2.24, 2.45) is 5.73 Å². The van der Waals surface area contributed by atoms with E-state index >= 15 is 0 Å². The molecule has 8 nitrogen and oxygen atoms in total. The fourth-order valence-corrected chi connectivity index (χ4v) is 2.34. The highest BCUT2D eigenvalue weighted by Gasteiger charge is 2.17. The van der Waals surface area contributed by atoms with Gasteiger partial charge in [-0.2, -0.15) is 0 Å². The van der Waals surface area contributed by atoms with Crippen LogP contribution in [-0.2, 0) is 0 Å². The monoisotopic (exact) mass is 313 g/mol. The summed E-state index contributed by atoms with van der Waals surface area (Å²) in [6.07, 6.45) is 1.56. The Labute approximate surface area is 131 Å². The van der Waals surface area contributed by atoms with Gasteiger partial charge in [0, 0.05) is 6.07 Å². The Balaban J connectivity index is 2.23. The van der Waals surface area contributed by atoms with Gasteiger partial charge in [-0.3, -0.25) is 9.36 Å². The zero-order valence-electron chi connectivity index (χ0n) is 12.9. The normalized spacial score (nSPS) is 10.7. The van der Waals surface area contributed by atoms with E-state index in [-0.39, 0.29) is 5.69 Å². The van der Waals surface area contributed by atoms with Gasteiger partial charge < -0.3 is 15.2 Å². The molecule has 2 heterocycles. The van der Waals surface area contributed by atoms with Gasteiger partial charge in [0.15, 0.2) is 22.8 Å². The molecule has 0 unspecified atom stereocenters. The lowest BCUT2D eigenvalue weighted by molar-refractivity contribution is 0.0997. The first-order valence-electron chi connectivity index (χ1n) is 6.79. The molecular formula is C15H15N5O3. The summed E-state index contributed by atoms with van der Waals surface area (Å²) in [5.74, 6) is 0.989. The number of methoxy groups -OCH3 is 2. The third kappa shape index (κ3) is 2.44. The first-order chi connectivity index (χ1) is 11.0. The molecule has 23 heavy (non-hydrogen) atoms. The van der Waals surface area contributed by atoms with Crippen molar-refractivity contribution in [3.05, 3.63) is 36.0 Å². The molecule has 0 saturated carbocycles. The molecule has 0 spiro atoms. The van der Waals surface area contributed by atoms with Gasteiger partial charge in [0.25, 0.3) is 5.91 Å². The number of nitrogens with two attached hydrogens (primary N) is 1. The second kappa shape index (κ2) is 5.56. The van der Waals surface area contributed by atoms with Crippen molar-refractivity contribution in [3.8, 4) is 17.2 Å². The van der Waals surface area contributed by atoms with E-state index in [1.54, 1.807) is 44.2 Å². The zero-order chi connectivity index (χ0) is 16.6. The Kier molecular flexibility index (Phi) is 3.57. The van der Waals surface area contributed by atoms with E-state index in [2.05, 4.69) is 15.0 Å².